The van der Waals surface area contributed by atoms with Crippen molar-refractivity contribution in [3.8, 4) is 0 Å². The van der Waals surface area contributed by atoms with Crippen LogP contribution in [-0.4, -0.2) is 30.1 Å². The Morgan fingerprint density at radius 1 is 0.735 bits per heavy atom. The maximum absolute atomic E-state index is 12.3. The van der Waals surface area contributed by atoms with Crippen LogP contribution < -0.4 is 10.0 Å². The van der Waals surface area contributed by atoms with Gasteiger partial charge in [-0.05, 0) is 42.8 Å². The number of aromatic nitrogens is 1. The van der Waals surface area contributed by atoms with E-state index in [1.54, 1.807) is 12.1 Å². The predicted octanol–water partition coefficient (Wildman–Crippen LogP) is 5.23. The van der Waals surface area contributed by atoms with Gasteiger partial charge in [-0.2, -0.15) is 0 Å². The van der Waals surface area contributed by atoms with Gasteiger partial charge < -0.3 is 16.3 Å². The Kier molecular flexibility index (Phi) is 11.2. The van der Waals surface area contributed by atoms with E-state index >= 15 is 0 Å². The molecule has 4 rings (SSSR count). The van der Waals surface area contributed by atoms with Gasteiger partial charge in [-0.1, -0.05) is 62.6 Å². The third-order valence-corrected chi connectivity index (χ3v) is 6.65. The van der Waals surface area contributed by atoms with Gasteiger partial charge in [-0.15, -0.1) is 12.4 Å². The summed E-state index contributed by atoms with van der Waals surface area (Å²) in [5.41, 5.74) is 4.30. The number of halogens is 1. The number of para-hydroxylation sites is 2. The van der Waals surface area contributed by atoms with Crippen molar-refractivity contribution < 1.29 is 19.4 Å². The molecule has 0 amide bonds. The average molecular weight is 506 g/mol. The van der Waals surface area contributed by atoms with E-state index in [0.717, 1.165) is 52.4 Å². The molecule has 0 unspecified atom stereocenters. The van der Waals surface area contributed by atoms with E-state index in [0.29, 0.717) is 12.1 Å². The molecular formula is C25H32ClN3O4S. The van der Waals surface area contributed by atoms with Gasteiger partial charge in [-0.3, -0.25) is 4.72 Å². The molecule has 34 heavy (non-hydrogen) atoms. The van der Waals surface area contributed by atoms with Gasteiger partial charge in [0, 0.05) is 22.1 Å². The lowest BCUT2D eigenvalue weighted by Gasteiger charge is -2.14. The molecule has 184 valence electrons. The second-order valence-corrected chi connectivity index (χ2v) is 9.55. The fourth-order valence-electron chi connectivity index (χ4n) is 3.69. The fourth-order valence-corrected chi connectivity index (χ4v) is 4.87. The molecule has 9 heteroatoms. The Morgan fingerprint density at radius 2 is 1.26 bits per heavy atom. The minimum atomic E-state index is -3.32. The number of hydrogen-bond donors (Lipinski definition) is 2. The summed E-state index contributed by atoms with van der Waals surface area (Å²) >= 11 is 0. The second kappa shape index (κ2) is 13.1. The summed E-state index contributed by atoms with van der Waals surface area (Å²) in [7, 11) is -3.32. The van der Waals surface area contributed by atoms with E-state index in [2.05, 4.69) is 29.1 Å². The van der Waals surface area contributed by atoms with Crippen LogP contribution in [0.3, 0.4) is 0 Å². The maximum Gasteiger partial charge on any atom is 0.232 e. The van der Waals surface area contributed by atoms with Crippen molar-refractivity contribution in [2.75, 3.05) is 15.8 Å². The van der Waals surface area contributed by atoms with Gasteiger partial charge >= 0.3 is 0 Å². The molecule has 7 nitrogen and oxygen atoms in total. The SMILES string of the molecule is CCCCCCS(=O)(=O)Nc1ccc(Nc2c3ccccc3nc3ccccc23)cc1.Cl.O.O. The molecule has 0 atom stereocenters. The standard InChI is InChI=1S/C25H27N3O2S.ClH.2H2O/c1-2-3-4-9-18-31(29,30)28-20-16-14-19(15-17-20)26-25-21-10-5-7-12-23(21)27-24-13-8-6-11-22(24)25;;;/h5-8,10-17,28H,2-4,9,18H2,1H3,(H,26,27);1H;2*1H2. The molecule has 0 saturated heterocycles. The Morgan fingerprint density at radius 3 is 1.82 bits per heavy atom. The third kappa shape index (κ3) is 7.04. The van der Waals surface area contributed by atoms with Gasteiger partial charge in [-0.25, -0.2) is 13.4 Å². The number of nitrogens with zero attached hydrogens (tertiary/aromatic N) is 1. The first-order valence-corrected chi connectivity index (χ1v) is 12.4. The summed E-state index contributed by atoms with van der Waals surface area (Å²) in [6.07, 6.45) is 3.78. The molecule has 1 aromatic heterocycles. The molecule has 0 saturated carbocycles. The highest BCUT2D eigenvalue weighted by Gasteiger charge is 2.11. The highest BCUT2D eigenvalue weighted by atomic mass is 35.5. The van der Waals surface area contributed by atoms with Gasteiger partial charge in [0.15, 0.2) is 0 Å². The molecule has 0 aliphatic carbocycles. The largest absolute Gasteiger partial charge is 0.412 e. The lowest BCUT2D eigenvalue weighted by Crippen LogP contribution is -2.16. The fraction of sp³-hybridized carbons (Fsp3) is 0.240. The second-order valence-electron chi connectivity index (χ2n) is 7.71. The molecule has 4 aromatic rings. The van der Waals surface area contributed by atoms with E-state index in [4.69, 9.17) is 4.98 Å². The van der Waals surface area contributed by atoms with E-state index < -0.39 is 10.0 Å². The Bertz CT molecular complexity index is 1240. The normalized spacial score (nSPS) is 10.6. The van der Waals surface area contributed by atoms with Crippen molar-refractivity contribution in [3.63, 3.8) is 0 Å². The molecule has 0 radical (unpaired) electrons. The molecule has 0 spiro atoms. The number of hydrogen-bond acceptors (Lipinski definition) is 4. The number of nitrogens with one attached hydrogen (secondary N) is 2. The number of rotatable bonds is 9. The highest BCUT2D eigenvalue weighted by molar-refractivity contribution is 7.92. The van der Waals surface area contributed by atoms with Crippen LogP contribution in [0.25, 0.3) is 21.8 Å². The van der Waals surface area contributed by atoms with Crippen LogP contribution in [0.5, 0.6) is 0 Å². The number of unbranched alkanes of at least 4 members (excludes halogenated alkanes) is 3. The average Bonchev–Trinajstić information content (AvgIpc) is 2.77. The van der Waals surface area contributed by atoms with E-state index in [9.17, 15) is 8.42 Å². The van der Waals surface area contributed by atoms with Gasteiger partial charge in [0.05, 0.1) is 22.5 Å². The third-order valence-electron chi connectivity index (χ3n) is 5.28. The molecule has 0 bridgehead atoms. The molecule has 3 aromatic carbocycles. The van der Waals surface area contributed by atoms with Crippen molar-refractivity contribution in [2.24, 2.45) is 0 Å². The molecule has 0 aliphatic rings. The maximum atomic E-state index is 12.3. The zero-order chi connectivity index (χ0) is 21.7. The van der Waals surface area contributed by atoms with Crippen LogP contribution in [0.1, 0.15) is 32.6 Å². The van der Waals surface area contributed by atoms with Crippen LogP contribution in [0.4, 0.5) is 17.1 Å². The van der Waals surface area contributed by atoms with Gasteiger partial charge in [0.25, 0.3) is 0 Å². The first kappa shape index (κ1) is 29.1. The molecule has 0 aliphatic heterocycles. The molecule has 1 heterocycles. The Balaban J connectivity index is 0.00000193. The first-order valence-electron chi connectivity index (χ1n) is 10.7. The van der Waals surface area contributed by atoms with Crippen LogP contribution >= 0.6 is 12.4 Å². The van der Waals surface area contributed by atoms with Crippen molar-refractivity contribution >= 4 is 61.3 Å². The highest BCUT2D eigenvalue weighted by Crippen LogP contribution is 2.33. The Labute approximate surface area is 206 Å². The zero-order valence-corrected chi connectivity index (χ0v) is 20.7. The number of anilines is 3. The summed E-state index contributed by atoms with van der Waals surface area (Å²) in [5.74, 6) is 0.155. The lowest BCUT2D eigenvalue weighted by atomic mass is 10.1. The number of fused-ring (bicyclic) bond motifs is 2. The van der Waals surface area contributed by atoms with Gasteiger partial charge in [0.1, 0.15) is 0 Å². The summed E-state index contributed by atoms with van der Waals surface area (Å²) in [5, 5.41) is 5.59. The lowest BCUT2D eigenvalue weighted by molar-refractivity contribution is 0.594. The van der Waals surface area contributed by atoms with Crippen molar-refractivity contribution in [1.29, 1.82) is 0 Å². The minimum absolute atomic E-state index is 0. The predicted molar refractivity (Wildman–Crippen MR) is 145 cm³/mol. The number of sulfonamides is 1. The van der Waals surface area contributed by atoms with E-state index in [1.807, 2.05) is 48.5 Å². The molecule has 6 N–H and O–H groups in total. The molecular weight excluding hydrogens is 474 g/mol. The van der Waals surface area contributed by atoms with Crippen LogP contribution in [0.2, 0.25) is 0 Å². The van der Waals surface area contributed by atoms with E-state index in [-0.39, 0.29) is 29.1 Å². The van der Waals surface area contributed by atoms with E-state index in [1.165, 1.54) is 0 Å². The number of benzene rings is 3. The monoisotopic (exact) mass is 505 g/mol. The summed E-state index contributed by atoms with van der Waals surface area (Å²) < 4.78 is 27.3. The molecule has 0 fully saturated rings. The van der Waals surface area contributed by atoms with Crippen LogP contribution in [0.15, 0.2) is 72.8 Å². The smallest absolute Gasteiger partial charge is 0.232 e. The Hall–Kier alpha value is -2.91. The van der Waals surface area contributed by atoms with Crippen molar-refractivity contribution in [3.05, 3.63) is 72.8 Å². The summed E-state index contributed by atoms with van der Waals surface area (Å²) in [6.45, 7) is 2.11. The first-order chi connectivity index (χ1) is 15.1. The quantitative estimate of drug-likeness (QED) is 0.238. The van der Waals surface area contributed by atoms with Crippen molar-refractivity contribution in [1.82, 2.24) is 4.98 Å². The van der Waals surface area contributed by atoms with Gasteiger partial charge in [0.2, 0.25) is 10.0 Å². The zero-order valence-electron chi connectivity index (χ0n) is 19.0. The summed E-state index contributed by atoms with van der Waals surface area (Å²) in [6, 6.07) is 23.4. The van der Waals surface area contributed by atoms with Crippen molar-refractivity contribution in [2.45, 2.75) is 32.6 Å². The van der Waals surface area contributed by atoms with Crippen LogP contribution in [0, 0.1) is 0 Å². The number of pyridine rings is 1. The van der Waals surface area contributed by atoms with Crippen LogP contribution in [-0.2, 0) is 10.0 Å². The topological polar surface area (TPSA) is 134 Å². The summed E-state index contributed by atoms with van der Waals surface area (Å²) in [4.78, 5) is 4.75. The minimum Gasteiger partial charge on any atom is -0.412 e.